The van der Waals surface area contributed by atoms with Gasteiger partial charge in [0.05, 0.1) is 24.3 Å². The second kappa shape index (κ2) is 9.74. The Morgan fingerprint density at radius 3 is 2.66 bits per heavy atom. The third-order valence-corrected chi connectivity index (χ3v) is 7.44. The summed E-state index contributed by atoms with van der Waals surface area (Å²) in [6.45, 7) is 17.4. The standard InChI is InChI=1S/C26H35N5O/c1-20-17-31(25-9-8-24(27-2)26-23(25)7-6-12-28-26)19-22(32-20)18-29-15-10-21(11-16-29)30-13-4-3-5-14-30/h6-9,12,20-22H,3-5,10-11,13-19H2,1H3/t20-,22+/m1/s1. The third kappa shape index (κ3) is 4.61. The van der Waals surface area contributed by atoms with Crippen molar-refractivity contribution >= 4 is 22.3 Å². The van der Waals surface area contributed by atoms with Gasteiger partial charge in [0.2, 0.25) is 5.69 Å². The molecule has 2 atom stereocenters. The summed E-state index contributed by atoms with van der Waals surface area (Å²) in [5, 5.41) is 1.07. The molecular weight excluding hydrogens is 398 g/mol. The number of morpholine rings is 1. The van der Waals surface area contributed by atoms with Gasteiger partial charge in [0.1, 0.15) is 0 Å². The number of piperidine rings is 2. The largest absolute Gasteiger partial charge is 0.370 e. The summed E-state index contributed by atoms with van der Waals surface area (Å²) in [6, 6.07) is 8.85. The van der Waals surface area contributed by atoms with Crippen LogP contribution in [0.1, 0.15) is 39.0 Å². The van der Waals surface area contributed by atoms with Crippen LogP contribution in [-0.2, 0) is 4.74 Å². The number of anilines is 1. The minimum Gasteiger partial charge on any atom is -0.370 e. The van der Waals surface area contributed by atoms with E-state index in [1.807, 2.05) is 12.1 Å². The highest BCUT2D eigenvalue weighted by atomic mass is 16.5. The van der Waals surface area contributed by atoms with Gasteiger partial charge in [-0.1, -0.05) is 18.6 Å². The first-order chi connectivity index (χ1) is 15.7. The van der Waals surface area contributed by atoms with Crippen LogP contribution in [0.4, 0.5) is 11.4 Å². The molecule has 6 nitrogen and oxygen atoms in total. The van der Waals surface area contributed by atoms with E-state index in [1.54, 1.807) is 6.20 Å². The molecular formula is C26H35N5O. The smallest absolute Gasteiger partial charge is 0.213 e. The molecule has 0 unspecified atom stereocenters. The number of fused-ring (bicyclic) bond motifs is 1. The number of benzene rings is 1. The topological polar surface area (TPSA) is 36.2 Å². The number of likely N-dealkylation sites (tertiary alicyclic amines) is 2. The Morgan fingerprint density at radius 1 is 1.06 bits per heavy atom. The number of rotatable bonds is 4. The van der Waals surface area contributed by atoms with Crippen molar-refractivity contribution < 1.29 is 4.74 Å². The van der Waals surface area contributed by atoms with Gasteiger partial charge in [0.25, 0.3) is 0 Å². The Morgan fingerprint density at radius 2 is 1.88 bits per heavy atom. The lowest BCUT2D eigenvalue weighted by molar-refractivity contribution is -0.0380. The third-order valence-electron chi connectivity index (χ3n) is 7.44. The lowest BCUT2D eigenvalue weighted by Gasteiger charge is -2.43. The second-order valence-electron chi connectivity index (χ2n) is 9.72. The zero-order chi connectivity index (χ0) is 21.9. The molecule has 2 aromatic rings. The number of aromatic nitrogens is 1. The van der Waals surface area contributed by atoms with E-state index in [4.69, 9.17) is 11.3 Å². The summed E-state index contributed by atoms with van der Waals surface area (Å²) < 4.78 is 6.38. The monoisotopic (exact) mass is 433 g/mol. The maximum atomic E-state index is 7.47. The number of hydrogen-bond donors (Lipinski definition) is 0. The van der Waals surface area contributed by atoms with Crippen LogP contribution in [0, 0.1) is 6.57 Å². The Labute approximate surface area is 192 Å². The van der Waals surface area contributed by atoms with Gasteiger partial charge < -0.3 is 19.4 Å². The quantitative estimate of drug-likeness (QED) is 0.671. The average molecular weight is 434 g/mol. The SMILES string of the molecule is [C-]#[N+]c1ccc(N2C[C@H](CN3CCC(N4CCCCC4)CC3)O[C@H](C)C2)c2cccnc12. The summed E-state index contributed by atoms with van der Waals surface area (Å²) in [5.41, 5.74) is 2.60. The highest BCUT2D eigenvalue weighted by molar-refractivity contribution is 5.99. The molecule has 3 saturated heterocycles. The van der Waals surface area contributed by atoms with Crippen LogP contribution in [-0.4, -0.2) is 78.8 Å². The van der Waals surface area contributed by atoms with Crippen LogP contribution in [0.3, 0.4) is 0 Å². The van der Waals surface area contributed by atoms with E-state index in [1.165, 1.54) is 64.0 Å². The van der Waals surface area contributed by atoms with Crippen molar-refractivity contribution in [2.45, 2.75) is 57.3 Å². The molecule has 0 radical (unpaired) electrons. The molecule has 0 aliphatic carbocycles. The molecule has 32 heavy (non-hydrogen) atoms. The summed E-state index contributed by atoms with van der Waals surface area (Å²) >= 11 is 0. The van der Waals surface area contributed by atoms with Crippen LogP contribution >= 0.6 is 0 Å². The molecule has 5 rings (SSSR count). The van der Waals surface area contributed by atoms with Gasteiger partial charge in [-0.25, -0.2) is 4.85 Å². The molecule has 3 aliphatic heterocycles. The lowest BCUT2D eigenvalue weighted by Crippen LogP contribution is -2.53. The van der Waals surface area contributed by atoms with E-state index < -0.39 is 0 Å². The molecule has 3 aliphatic rings. The molecule has 1 aromatic heterocycles. The fourth-order valence-electron chi connectivity index (χ4n) is 5.89. The van der Waals surface area contributed by atoms with E-state index >= 15 is 0 Å². The maximum Gasteiger partial charge on any atom is 0.213 e. The second-order valence-corrected chi connectivity index (χ2v) is 9.72. The molecule has 6 heteroatoms. The fourth-order valence-corrected chi connectivity index (χ4v) is 5.89. The van der Waals surface area contributed by atoms with Crippen molar-refractivity contribution in [1.29, 1.82) is 0 Å². The molecule has 0 amide bonds. The van der Waals surface area contributed by atoms with Crippen molar-refractivity contribution in [2.75, 3.05) is 50.7 Å². The van der Waals surface area contributed by atoms with Crippen molar-refractivity contribution in [3.05, 3.63) is 41.9 Å². The zero-order valence-corrected chi connectivity index (χ0v) is 19.2. The Bertz CT molecular complexity index is 958. The number of pyridine rings is 1. The van der Waals surface area contributed by atoms with Gasteiger partial charge in [0, 0.05) is 42.9 Å². The maximum absolute atomic E-state index is 7.47. The van der Waals surface area contributed by atoms with Crippen LogP contribution < -0.4 is 4.90 Å². The van der Waals surface area contributed by atoms with E-state index in [-0.39, 0.29) is 12.2 Å². The number of hydrogen-bond acceptors (Lipinski definition) is 5. The molecule has 3 fully saturated rings. The van der Waals surface area contributed by atoms with Gasteiger partial charge in [-0.05, 0) is 70.9 Å². The summed E-state index contributed by atoms with van der Waals surface area (Å²) in [4.78, 5) is 16.0. The molecule has 1 aromatic carbocycles. The van der Waals surface area contributed by atoms with Gasteiger partial charge >= 0.3 is 0 Å². The first-order valence-corrected chi connectivity index (χ1v) is 12.3. The first kappa shape index (κ1) is 21.6. The molecule has 0 N–H and O–H groups in total. The Kier molecular flexibility index (Phi) is 6.59. The summed E-state index contributed by atoms with van der Waals surface area (Å²) in [5.74, 6) is 0. The van der Waals surface area contributed by atoms with Gasteiger partial charge in [0.15, 0.2) is 0 Å². The summed E-state index contributed by atoms with van der Waals surface area (Å²) in [6.07, 6.45) is 8.93. The minimum atomic E-state index is 0.187. The van der Waals surface area contributed by atoms with Crippen molar-refractivity contribution in [2.24, 2.45) is 0 Å². The predicted molar refractivity (Wildman–Crippen MR) is 129 cm³/mol. The normalized spacial score (nSPS) is 26.3. The number of nitrogens with zero attached hydrogens (tertiary/aromatic N) is 5. The highest BCUT2D eigenvalue weighted by Crippen LogP contribution is 2.34. The first-order valence-electron chi connectivity index (χ1n) is 12.3. The number of ether oxygens (including phenoxy) is 1. The molecule has 4 heterocycles. The molecule has 0 bridgehead atoms. The molecule has 170 valence electrons. The molecule has 0 saturated carbocycles. The predicted octanol–water partition coefficient (Wildman–Crippen LogP) is 4.33. The zero-order valence-electron chi connectivity index (χ0n) is 19.2. The lowest BCUT2D eigenvalue weighted by atomic mass is 9.99. The van der Waals surface area contributed by atoms with E-state index in [0.29, 0.717) is 5.69 Å². The van der Waals surface area contributed by atoms with E-state index in [0.717, 1.165) is 36.6 Å². The summed E-state index contributed by atoms with van der Waals surface area (Å²) in [7, 11) is 0. The minimum absolute atomic E-state index is 0.187. The highest BCUT2D eigenvalue weighted by Gasteiger charge is 2.31. The molecule has 0 spiro atoms. The van der Waals surface area contributed by atoms with E-state index in [2.05, 4.69) is 43.6 Å². The van der Waals surface area contributed by atoms with Crippen molar-refractivity contribution in [1.82, 2.24) is 14.8 Å². The van der Waals surface area contributed by atoms with Crippen molar-refractivity contribution in [3.8, 4) is 0 Å². The van der Waals surface area contributed by atoms with Crippen LogP contribution in [0.2, 0.25) is 0 Å². The van der Waals surface area contributed by atoms with Crippen molar-refractivity contribution in [3.63, 3.8) is 0 Å². The van der Waals surface area contributed by atoms with Gasteiger partial charge in [-0.3, -0.25) is 4.98 Å². The van der Waals surface area contributed by atoms with Crippen LogP contribution in [0.5, 0.6) is 0 Å². The Hall–Kier alpha value is -2.20. The van der Waals surface area contributed by atoms with E-state index in [9.17, 15) is 0 Å². The Balaban J connectivity index is 1.24. The van der Waals surface area contributed by atoms with Crippen LogP contribution in [0.15, 0.2) is 30.5 Å². The van der Waals surface area contributed by atoms with Gasteiger partial charge in [-0.2, -0.15) is 0 Å². The average Bonchev–Trinajstić information content (AvgIpc) is 2.84. The van der Waals surface area contributed by atoms with Crippen LogP contribution in [0.25, 0.3) is 15.7 Å². The van der Waals surface area contributed by atoms with Gasteiger partial charge in [-0.15, -0.1) is 0 Å². The fraction of sp³-hybridized carbons (Fsp3) is 0.615.